The lowest BCUT2D eigenvalue weighted by atomic mass is 9.90. The van der Waals surface area contributed by atoms with Gasteiger partial charge in [-0.2, -0.15) is 5.10 Å². The van der Waals surface area contributed by atoms with Gasteiger partial charge in [-0.25, -0.2) is 13.5 Å². The van der Waals surface area contributed by atoms with Crippen molar-refractivity contribution < 1.29 is 13.2 Å². The predicted octanol–water partition coefficient (Wildman–Crippen LogP) is 3.74. The van der Waals surface area contributed by atoms with Crippen molar-refractivity contribution in [2.75, 3.05) is 11.8 Å². The quantitative estimate of drug-likeness (QED) is 0.631. The smallest absolute Gasteiger partial charge is 0.267 e. The highest BCUT2D eigenvalue weighted by Crippen LogP contribution is 2.33. The monoisotopic (exact) mass is 439 g/mol. The summed E-state index contributed by atoms with van der Waals surface area (Å²) in [7, 11) is -2.49. The number of aromatic amines is 1. The molecule has 2 aromatic carbocycles. The van der Waals surface area contributed by atoms with E-state index in [9.17, 15) is 13.2 Å². The topological polar surface area (TPSA) is 101 Å². The SMILES string of the molecule is COc1ccc(-c2n[nH]c(=O)c3c2CCCC3)cc1S(=O)(=O)Nc1ccc(C)c(C)c1. The van der Waals surface area contributed by atoms with Crippen LogP contribution in [0.4, 0.5) is 5.69 Å². The number of H-pyrrole nitrogens is 1. The number of hydrogen-bond acceptors (Lipinski definition) is 5. The van der Waals surface area contributed by atoms with Crippen molar-refractivity contribution in [3.05, 3.63) is 69.0 Å². The fraction of sp³-hybridized carbons (Fsp3) is 0.304. The van der Waals surface area contributed by atoms with E-state index in [2.05, 4.69) is 14.9 Å². The summed E-state index contributed by atoms with van der Waals surface area (Å²) in [5.41, 5.74) is 5.25. The van der Waals surface area contributed by atoms with Gasteiger partial charge >= 0.3 is 0 Å². The maximum Gasteiger partial charge on any atom is 0.267 e. The number of anilines is 1. The van der Waals surface area contributed by atoms with Crippen molar-refractivity contribution in [2.24, 2.45) is 0 Å². The van der Waals surface area contributed by atoms with Gasteiger partial charge in [0.25, 0.3) is 15.6 Å². The number of benzene rings is 2. The Morgan fingerprint density at radius 2 is 1.74 bits per heavy atom. The summed E-state index contributed by atoms with van der Waals surface area (Å²) >= 11 is 0. The maximum atomic E-state index is 13.2. The molecule has 1 aliphatic rings. The van der Waals surface area contributed by atoms with Gasteiger partial charge in [-0.15, -0.1) is 0 Å². The van der Waals surface area contributed by atoms with Gasteiger partial charge < -0.3 is 4.74 Å². The molecule has 0 radical (unpaired) electrons. The highest BCUT2D eigenvalue weighted by atomic mass is 32.2. The molecular formula is C23H25N3O4S. The molecule has 0 unspecified atom stereocenters. The number of rotatable bonds is 5. The van der Waals surface area contributed by atoms with Crippen LogP contribution in [0.15, 0.2) is 46.1 Å². The van der Waals surface area contributed by atoms with Crippen molar-refractivity contribution in [2.45, 2.75) is 44.4 Å². The van der Waals surface area contributed by atoms with E-state index in [1.54, 1.807) is 30.3 Å². The van der Waals surface area contributed by atoms with Crippen LogP contribution in [0, 0.1) is 13.8 Å². The van der Waals surface area contributed by atoms with E-state index in [-0.39, 0.29) is 16.2 Å². The summed E-state index contributed by atoms with van der Waals surface area (Å²) in [5.74, 6) is 0.235. The third kappa shape index (κ3) is 4.07. The van der Waals surface area contributed by atoms with Crippen LogP contribution in [0.3, 0.4) is 0 Å². The average Bonchev–Trinajstić information content (AvgIpc) is 2.76. The molecule has 1 aliphatic carbocycles. The first-order chi connectivity index (χ1) is 14.8. The van der Waals surface area contributed by atoms with Crippen LogP contribution in [-0.2, 0) is 22.9 Å². The lowest BCUT2D eigenvalue weighted by Gasteiger charge is -2.18. The van der Waals surface area contributed by atoms with E-state index in [0.717, 1.165) is 41.5 Å². The molecule has 0 fully saturated rings. The van der Waals surface area contributed by atoms with Gasteiger partial charge in [0.2, 0.25) is 0 Å². The van der Waals surface area contributed by atoms with E-state index in [4.69, 9.17) is 4.74 Å². The summed E-state index contributed by atoms with van der Waals surface area (Å²) in [6.45, 7) is 3.90. The number of nitrogens with zero attached hydrogens (tertiary/aromatic N) is 1. The van der Waals surface area contributed by atoms with E-state index < -0.39 is 10.0 Å². The Kier molecular flexibility index (Phi) is 5.58. The molecule has 0 bridgehead atoms. The molecule has 162 valence electrons. The number of sulfonamides is 1. The fourth-order valence-electron chi connectivity index (χ4n) is 3.95. The Morgan fingerprint density at radius 1 is 1.00 bits per heavy atom. The molecule has 0 atom stereocenters. The van der Waals surface area contributed by atoms with Gasteiger partial charge in [0.1, 0.15) is 10.6 Å². The van der Waals surface area contributed by atoms with Gasteiger partial charge in [-0.1, -0.05) is 6.07 Å². The van der Waals surface area contributed by atoms with E-state index in [0.29, 0.717) is 23.4 Å². The average molecular weight is 440 g/mol. The number of ether oxygens (including phenoxy) is 1. The molecule has 31 heavy (non-hydrogen) atoms. The molecule has 0 spiro atoms. The minimum absolute atomic E-state index is 0.0169. The largest absolute Gasteiger partial charge is 0.495 e. The number of aromatic nitrogens is 2. The van der Waals surface area contributed by atoms with Crippen molar-refractivity contribution >= 4 is 15.7 Å². The Bertz CT molecular complexity index is 1310. The molecule has 0 saturated heterocycles. The molecule has 0 saturated carbocycles. The third-order valence-electron chi connectivity index (χ3n) is 5.78. The summed E-state index contributed by atoms with van der Waals surface area (Å²) in [6.07, 6.45) is 3.38. The summed E-state index contributed by atoms with van der Waals surface area (Å²) in [6, 6.07) is 10.3. The summed E-state index contributed by atoms with van der Waals surface area (Å²) in [5, 5.41) is 6.81. The molecule has 0 aliphatic heterocycles. The predicted molar refractivity (Wildman–Crippen MR) is 120 cm³/mol. The first-order valence-corrected chi connectivity index (χ1v) is 11.7. The minimum atomic E-state index is -3.92. The van der Waals surface area contributed by atoms with Gasteiger partial charge in [0.05, 0.1) is 12.8 Å². The fourth-order valence-corrected chi connectivity index (χ4v) is 5.19. The van der Waals surface area contributed by atoms with Gasteiger partial charge in [0, 0.05) is 16.8 Å². The third-order valence-corrected chi connectivity index (χ3v) is 7.19. The normalized spacial score (nSPS) is 13.5. The van der Waals surface area contributed by atoms with Crippen molar-refractivity contribution in [1.82, 2.24) is 10.2 Å². The van der Waals surface area contributed by atoms with Crippen molar-refractivity contribution in [1.29, 1.82) is 0 Å². The Labute approximate surface area is 181 Å². The zero-order valence-corrected chi connectivity index (χ0v) is 18.6. The van der Waals surface area contributed by atoms with Crippen LogP contribution in [0.2, 0.25) is 0 Å². The first-order valence-electron chi connectivity index (χ1n) is 10.2. The lowest BCUT2D eigenvalue weighted by molar-refractivity contribution is 0.403. The second-order valence-electron chi connectivity index (χ2n) is 7.84. The van der Waals surface area contributed by atoms with Gasteiger partial charge in [-0.3, -0.25) is 9.52 Å². The van der Waals surface area contributed by atoms with Crippen LogP contribution in [0.25, 0.3) is 11.3 Å². The number of aryl methyl sites for hydroxylation is 2. The molecular weight excluding hydrogens is 414 g/mol. The van der Waals surface area contributed by atoms with Crippen LogP contribution in [-0.4, -0.2) is 25.7 Å². The van der Waals surface area contributed by atoms with Crippen LogP contribution >= 0.6 is 0 Å². The van der Waals surface area contributed by atoms with Crippen LogP contribution < -0.4 is 15.0 Å². The highest BCUT2D eigenvalue weighted by molar-refractivity contribution is 7.92. The van der Waals surface area contributed by atoms with Gasteiger partial charge in [-0.05, 0) is 86.6 Å². The molecule has 7 nitrogen and oxygen atoms in total. The number of methoxy groups -OCH3 is 1. The molecule has 2 N–H and O–H groups in total. The van der Waals surface area contributed by atoms with E-state index in [1.165, 1.54) is 7.11 Å². The number of nitrogens with one attached hydrogen (secondary N) is 2. The van der Waals surface area contributed by atoms with Crippen molar-refractivity contribution in [3.63, 3.8) is 0 Å². The molecule has 3 aromatic rings. The van der Waals surface area contributed by atoms with Gasteiger partial charge in [0.15, 0.2) is 0 Å². The Hall–Kier alpha value is -3.13. The van der Waals surface area contributed by atoms with E-state index >= 15 is 0 Å². The minimum Gasteiger partial charge on any atom is -0.495 e. The zero-order chi connectivity index (χ0) is 22.2. The molecule has 4 rings (SSSR count). The molecule has 8 heteroatoms. The number of fused-ring (bicyclic) bond motifs is 1. The standard InChI is InChI=1S/C23H25N3O4S/c1-14-8-10-17(12-15(14)2)26-31(28,29)21-13-16(9-11-20(21)30-3)22-18-6-4-5-7-19(18)23(27)25-24-22/h8-13,26H,4-7H2,1-3H3,(H,25,27). The Balaban J connectivity index is 1.80. The first kappa shape index (κ1) is 21.1. The zero-order valence-electron chi connectivity index (χ0n) is 17.8. The second kappa shape index (κ2) is 8.19. The highest BCUT2D eigenvalue weighted by Gasteiger charge is 2.24. The van der Waals surface area contributed by atoms with E-state index in [1.807, 2.05) is 19.9 Å². The summed E-state index contributed by atoms with van der Waals surface area (Å²) < 4.78 is 34.4. The molecule has 1 heterocycles. The lowest BCUT2D eigenvalue weighted by Crippen LogP contribution is -2.21. The Morgan fingerprint density at radius 3 is 2.45 bits per heavy atom. The second-order valence-corrected chi connectivity index (χ2v) is 9.49. The van der Waals surface area contributed by atoms with Crippen molar-refractivity contribution in [3.8, 4) is 17.0 Å². The van der Waals surface area contributed by atoms with Crippen LogP contribution in [0.5, 0.6) is 5.75 Å². The number of hydrogen-bond donors (Lipinski definition) is 2. The molecule has 0 amide bonds. The van der Waals surface area contributed by atoms with Crippen LogP contribution in [0.1, 0.15) is 35.1 Å². The summed E-state index contributed by atoms with van der Waals surface area (Å²) in [4.78, 5) is 12.2. The molecule has 1 aromatic heterocycles. The maximum absolute atomic E-state index is 13.2.